The average molecular weight is 310 g/mol. The smallest absolute Gasteiger partial charge is 0.327 e. The molecule has 0 saturated carbocycles. The second-order valence-electron chi connectivity index (χ2n) is 6.31. The van der Waals surface area contributed by atoms with Crippen molar-refractivity contribution < 1.29 is 18.8 Å². The zero-order chi connectivity index (χ0) is 16.5. The third kappa shape index (κ3) is 3.22. The van der Waals surface area contributed by atoms with E-state index < -0.39 is 5.97 Å². The average Bonchev–Trinajstić information content (AvgIpc) is 3.02. The van der Waals surface area contributed by atoms with Gasteiger partial charge in [0.05, 0.1) is 20.2 Å². The van der Waals surface area contributed by atoms with Gasteiger partial charge in [-0.2, -0.15) is 0 Å². The van der Waals surface area contributed by atoms with Crippen molar-refractivity contribution in [1.82, 2.24) is 15.4 Å². The number of anilines is 1. The quantitative estimate of drug-likeness (QED) is 0.833. The van der Waals surface area contributed by atoms with E-state index in [-0.39, 0.29) is 24.2 Å². The van der Waals surface area contributed by atoms with E-state index in [4.69, 9.17) is 4.52 Å². The first kappa shape index (κ1) is 16.3. The van der Waals surface area contributed by atoms with E-state index >= 15 is 0 Å². The van der Waals surface area contributed by atoms with E-state index in [2.05, 4.69) is 15.2 Å². The number of aromatic nitrogens is 1. The molecule has 0 aromatic carbocycles. The summed E-state index contributed by atoms with van der Waals surface area (Å²) in [6.07, 6.45) is -0.366. The van der Waals surface area contributed by atoms with Crippen molar-refractivity contribution in [3.8, 4) is 0 Å². The summed E-state index contributed by atoms with van der Waals surface area (Å²) in [7, 11) is 3.01. The lowest BCUT2D eigenvalue weighted by molar-refractivity contribution is -0.139. The summed E-state index contributed by atoms with van der Waals surface area (Å²) in [5.74, 6) is 0.732. The molecule has 1 N–H and O–H groups in total. The van der Waals surface area contributed by atoms with Gasteiger partial charge in [0, 0.05) is 18.5 Å². The fourth-order valence-corrected chi connectivity index (χ4v) is 2.16. The Hall–Kier alpha value is -2.09. The van der Waals surface area contributed by atoms with Gasteiger partial charge in [-0.1, -0.05) is 25.9 Å². The van der Waals surface area contributed by atoms with Crippen LogP contribution in [-0.2, 0) is 14.9 Å². The topological polar surface area (TPSA) is 87.9 Å². The lowest BCUT2D eigenvalue weighted by Crippen LogP contribution is -2.46. The van der Waals surface area contributed by atoms with Gasteiger partial charge in [0.15, 0.2) is 5.82 Å². The highest BCUT2D eigenvalue weighted by molar-refractivity contribution is 5.93. The Morgan fingerprint density at radius 1 is 1.55 bits per heavy atom. The van der Waals surface area contributed by atoms with Crippen molar-refractivity contribution in [2.24, 2.45) is 0 Å². The zero-order valence-electron chi connectivity index (χ0n) is 13.5. The predicted molar refractivity (Wildman–Crippen MR) is 79.5 cm³/mol. The van der Waals surface area contributed by atoms with Crippen molar-refractivity contribution in [2.75, 3.05) is 32.1 Å². The van der Waals surface area contributed by atoms with E-state index in [1.165, 1.54) is 12.0 Å². The van der Waals surface area contributed by atoms with Crippen LogP contribution >= 0.6 is 0 Å². The maximum absolute atomic E-state index is 12.3. The van der Waals surface area contributed by atoms with Crippen molar-refractivity contribution >= 4 is 17.8 Å². The van der Waals surface area contributed by atoms with Gasteiger partial charge in [0.25, 0.3) is 0 Å². The van der Waals surface area contributed by atoms with Crippen molar-refractivity contribution in [1.29, 1.82) is 0 Å². The third-order valence-electron chi connectivity index (χ3n) is 3.48. The minimum Gasteiger partial charge on any atom is -0.468 e. The summed E-state index contributed by atoms with van der Waals surface area (Å²) in [6, 6.07) is 1.56. The van der Waals surface area contributed by atoms with Gasteiger partial charge in [-0.15, -0.1) is 0 Å². The van der Waals surface area contributed by atoms with Gasteiger partial charge >= 0.3 is 12.0 Å². The number of esters is 1. The molecule has 0 radical (unpaired) electrons. The Kier molecular flexibility index (Phi) is 4.41. The highest BCUT2D eigenvalue weighted by Gasteiger charge is 2.38. The molecule has 2 amide bonds. The van der Waals surface area contributed by atoms with Gasteiger partial charge in [-0.3, -0.25) is 15.0 Å². The molecule has 0 aliphatic carbocycles. The fraction of sp³-hybridized carbons (Fsp3) is 0.643. The number of carbonyl (C=O) groups excluding carboxylic acids is 2. The van der Waals surface area contributed by atoms with Crippen LogP contribution in [0.15, 0.2) is 10.6 Å². The molecule has 0 bridgehead atoms. The maximum Gasteiger partial charge on any atom is 0.327 e. The monoisotopic (exact) mass is 310 g/mol. The van der Waals surface area contributed by atoms with Crippen LogP contribution in [0.2, 0.25) is 0 Å². The molecule has 1 unspecified atom stereocenters. The molecule has 2 heterocycles. The molecular weight excluding hydrogens is 288 g/mol. The number of hydrogen-bond donors (Lipinski definition) is 1. The molecule has 22 heavy (non-hydrogen) atoms. The Balaban J connectivity index is 2.19. The van der Waals surface area contributed by atoms with Crippen LogP contribution in [0.25, 0.3) is 0 Å². The molecule has 1 aliphatic rings. The molecule has 8 nitrogen and oxygen atoms in total. The molecule has 1 fully saturated rings. The molecule has 122 valence electrons. The van der Waals surface area contributed by atoms with Gasteiger partial charge in [-0.05, 0) is 0 Å². The number of methoxy groups -OCH3 is 1. The first-order valence-corrected chi connectivity index (χ1v) is 7.05. The highest BCUT2D eigenvalue weighted by Crippen LogP contribution is 2.28. The number of rotatable bonds is 4. The predicted octanol–water partition coefficient (Wildman–Crippen LogP) is 0.933. The number of ether oxygens (including phenoxy) is 1. The minimum atomic E-state index is -0.391. The lowest BCUT2D eigenvalue weighted by atomic mass is 9.93. The Morgan fingerprint density at radius 2 is 2.23 bits per heavy atom. The van der Waals surface area contributed by atoms with Gasteiger partial charge < -0.3 is 14.2 Å². The number of hydrogen-bond acceptors (Lipinski definition) is 6. The first-order chi connectivity index (χ1) is 10.2. The number of amides is 2. The van der Waals surface area contributed by atoms with Crippen molar-refractivity contribution in [2.45, 2.75) is 32.4 Å². The molecule has 1 aliphatic heterocycles. The van der Waals surface area contributed by atoms with E-state index in [9.17, 15) is 9.59 Å². The van der Waals surface area contributed by atoms with Gasteiger partial charge in [-0.25, -0.2) is 4.79 Å². The number of carbonyl (C=O) groups is 2. The largest absolute Gasteiger partial charge is 0.468 e. The van der Waals surface area contributed by atoms with E-state index in [1.807, 2.05) is 20.8 Å². The molecule has 1 aromatic rings. The number of nitrogens with zero attached hydrogens (tertiary/aromatic N) is 3. The van der Waals surface area contributed by atoms with E-state index in [1.54, 1.807) is 18.0 Å². The normalized spacial score (nSPS) is 19.0. The Bertz CT molecular complexity index is 563. The van der Waals surface area contributed by atoms with Crippen molar-refractivity contribution in [3.63, 3.8) is 0 Å². The van der Waals surface area contributed by atoms with Crippen LogP contribution in [0.4, 0.5) is 10.6 Å². The fourth-order valence-electron chi connectivity index (χ4n) is 2.16. The van der Waals surface area contributed by atoms with Crippen LogP contribution in [0, 0.1) is 0 Å². The summed E-state index contributed by atoms with van der Waals surface area (Å²) in [5.41, 5.74) is -0.200. The zero-order valence-corrected chi connectivity index (χ0v) is 13.5. The molecule has 1 atom stereocenters. The van der Waals surface area contributed by atoms with Crippen LogP contribution in [0.1, 0.15) is 26.5 Å². The summed E-state index contributed by atoms with van der Waals surface area (Å²) in [4.78, 5) is 26.6. The van der Waals surface area contributed by atoms with Crippen LogP contribution in [0.3, 0.4) is 0 Å². The summed E-state index contributed by atoms with van der Waals surface area (Å²) in [5, 5.41) is 6.99. The summed E-state index contributed by atoms with van der Waals surface area (Å²) >= 11 is 0. The summed E-state index contributed by atoms with van der Waals surface area (Å²) < 4.78 is 9.94. The van der Waals surface area contributed by atoms with Crippen LogP contribution < -0.4 is 10.2 Å². The standard InChI is InChI=1S/C14H22N4O4/c1-14(2,3)9-6-10(16-22-9)18-11(8-17(4)13(18)20)15-7-12(19)21-5/h6,11,15H,7-8H2,1-5H3. The van der Waals surface area contributed by atoms with Gasteiger partial charge in [0.1, 0.15) is 11.9 Å². The number of nitrogens with one attached hydrogen (secondary N) is 1. The second kappa shape index (κ2) is 5.96. The molecule has 1 aromatic heterocycles. The highest BCUT2D eigenvalue weighted by atomic mass is 16.5. The molecule has 1 saturated heterocycles. The van der Waals surface area contributed by atoms with Crippen LogP contribution in [-0.4, -0.2) is 55.5 Å². The molecule has 8 heteroatoms. The summed E-state index contributed by atoms with van der Waals surface area (Å²) in [6.45, 7) is 6.46. The van der Waals surface area contributed by atoms with Gasteiger partial charge in [0.2, 0.25) is 0 Å². The Morgan fingerprint density at radius 3 is 2.77 bits per heavy atom. The molecule has 0 spiro atoms. The maximum atomic E-state index is 12.3. The SMILES string of the molecule is COC(=O)CNC1CN(C)C(=O)N1c1cc(C(C)(C)C)on1. The minimum absolute atomic E-state index is 0.0166. The van der Waals surface area contributed by atoms with Crippen LogP contribution in [0.5, 0.6) is 0 Å². The first-order valence-electron chi connectivity index (χ1n) is 7.05. The third-order valence-corrected chi connectivity index (χ3v) is 3.48. The second-order valence-corrected chi connectivity index (χ2v) is 6.31. The number of urea groups is 1. The lowest BCUT2D eigenvalue weighted by Gasteiger charge is -2.20. The molecular formula is C14H22N4O4. The number of likely N-dealkylation sites (N-methyl/N-ethyl adjacent to an activating group) is 1. The Labute approximate surface area is 129 Å². The van der Waals surface area contributed by atoms with Crippen molar-refractivity contribution in [3.05, 3.63) is 11.8 Å². The van der Waals surface area contributed by atoms with E-state index in [0.29, 0.717) is 18.1 Å². The molecule has 2 rings (SSSR count). The van der Waals surface area contributed by atoms with E-state index in [0.717, 1.165) is 0 Å².